The van der Waals surface area contributed by atoms with Crippen molar-refractivity contribution in [3.8, 4) is 5.75 Å². The second-order valence-corrected chi connectivity index (χ2v) is 8.18. The van der Waals surface area contributed by atoms with Crippen LogP contribution in [0.5, 0.6) is 5.75 Å². The Bertz CT molecular complexity index is 867. The Morgan fingerprint density at radius 1 is 0.897 bits per heavy atom. The summed E-state index contributed by atoms with van der Waals surface area (Å²) >= 11 is 0. The summed E-state index contributed by atoms with van der Waals surface area (Å²) in [4.78, 5) is 2.69. The van der Waals surface area contributed by atoms with Gasteiger partial charge in [0.05, 0.1) is 0 Å². The summed E-state index contributed by atoms with van der Waals surface area (Å²) in [7, 11) is 0. The summed E-state index contributed by atoms with van der Waals surface area (Å²) in [6.07, 6.45) is 4.26. The van der Waals surface area contributed by atoms with Gasteiger partial charge in [-0.25, -0.2) is 0 Å². The standard InChI is InChI=1S/C27H31NO/c1-2-18-28(24-16-17-25-23(19-24)14-9-15-27(25)29)20-26(21-10-5-3-6-11-21)22-12-7-4-8-13-22/h3-15,24,26,29H,2,16-20H2,1H3. The molecule has 0 heterocycles. The van der Waals surface area contributed by atoms with Crippen molar-refractivity contribution >= 4 is 0 Å². The third-order valence-corrected chi connectivity index (χ3v) is 6.28. The molecular weight excluding hydrogens is 354 g/mol. The molecular formula is C27H31NO. The van der Waals surface area contributed by atoms with Crippen LogP contribution in [0.2, 0.25) is 0 Å². The van der Waals surface area contributed by atoms with Crippen LogP contribution >= 0.6 is 0 Å². The van der Waals surface area contributed by atoms with Crippen molar-refractivity contribution in [2.75, 3.05) is 13.1 Å². The summed E-state index contributed by atoms with van der Waals surface area (Å²) in [6, 6.07) is 28.4. The molecule has 3 aromatic rings. The van der Waals surface area contributed by atoms with E-state index >= 15 is 0 Å². The molecule has 0 bridgehead atoms. The van der Waals surface area contributed by atoms with Gasteiger partial charge in [-0.3, -0.25) is 4.90 Å². The molecule has 0 aromatic heterocycles. The molecule has 150 valence electrons. The predicted octanol–water partition coefficient (Wildman–Crippen LogP) is 5.79. The Hall–Kier alpha value is -2.58. The lowest BCUT2D eigenvalue weighted by Gasteiger charge is -2.37. The van der Waals surface area contributed by atoms with E-state index in [2.05, 4.69) is 78.6 Å². The molecule has 0 fully saturated rings. The first-order chi connectivity index (χ1) is 14.3. The number of hydrogen-bond donors (Lipinski definition) is 1. The van der Waals surface area contributed by atoms with Crippen LogP contribution in [0.3, 0.4) is 0 Å². The molecule has 0 saturated heterocycles. The maximum absolute atomic E-state index is 10.2. The number of hydrogen-bond acceptors (Lipinski definition) is 2. The Morgan fingerprint density at radius 2 is 1.55 bits per heavy atom. The van der Waals surface area contributed by atoms with Crippen molar-refractivity contribution in [1.29, 1.82) is 0 Å². The van der Waals surface area contributed by atoms with Gasteiger partial charge in [0.2, 0.25) is 0 Å². The van der Waals surface area contributed by atoms with E-state index in [1.165, 1.54) is 16.7 Å². The molecule has 1 unspecified atom stereocenters. The van der Waals surface area contributed by atoms with Gasteiger partial charge in [0.25, 0.3) is 0 Å². The lowest BCUT2D eigenvalue weighted by Crippen LogP contribution is -2.42. The zero-order valence-corrected chi connectivity index (χ0v) is 17.3. The van der Waals surface area contributed by atoms with E-state index in [0.29, 0.717) is 17.7 Å². The first-order valence-corrected chi connectivity index (χ1v) is 10.9. The van der Waals surface area contributed by atoms with Crippen LogP contribution in [0, 0.1) is 0 Å². The molecule has 2 nitrogen and oxygen atoms in total. The molecule has 1 atom stereocenters. The van der Waals surface area contributed by atoms with Crippen LogP contribution in [0.1, 0.15) is 47.9 Å². The Balaban J connectivity index is 1.60. The van der Waals surface area contributed by atoms with Crippen molar-refractivity contribution in [2.45, 2.75) is 44.6 Å². The van der Waals surface area contributed by atoms with Crippen molar-refractivity contribution in [2.24, 2.45) is 0 Å². The summed E-state index contributed by atoms with van der Waals surface area (Å²) in [5.41, 5.74) is 5.24. The van der Waals surface area contributed by atoms with Gasteiger partial charge < -0.3 is 5.11 Å². The monoisotopic (exact) mass is 385 g/mol. The minimum absolute atomic E-state index is 0.370. The fourth-order valence-corrected chi connectivity index (χ4v) is 4.80. The van der Waals surface area contributed by atoms with Crippen molar-refractivity contribution in [1.82, 2.24) is 4.90 Å². The van der Waals surface area contributed by atoms with Crippen LogP contribution in [0.4, 0.5) is 0 Å². The summed E-state index contributed by atoms with van der Waals surface area (Å²) in [6.45, 7) is 4.41. The van der Waals surface area contributed by atoms with Gasteiger partial charge in [-0.2, -0.15) is 0 Å². The molecule has 0 spiro atoms. The zero-order valence-electron chi connectivity index (χ0n) is 17.3. The van der Waals surface area contributed by atoms with Crippen molar-refractivity contribution < 1.29 is 5.11 Å². The molecule has 1 aliphatic rings. The Morgan fingerprint density at radius 3 is 2.17 bits per heavy atom. The molecule has 0 amide bonds. The summed E-state index contributed by atoms with van der Waals surface area (Å²) < 4.78 is 0. The Kier molecular flexibility index (Phi) is 6.31. The predicted molar refractivity (Wildman–Crippen MR) is 121 cm³/mol. The third-order valence-electron chi connectivity index (χ3n) is 6.28. The fourth-order valence-electron chi connectivity index (χ4n) is 4.80. The van der Waals surface area contributed by atoms with Gasteiger partial charge in [0.1, 0.15) is 5.75 Å². The SMILES string of the molecule is CCCN(CC(c1ccccc1)c1ccccc1)C1CCc2c(O)cccc2C1. The largest absolute Gasteiger partial charge is 0.508 e. The number of aromatic hydroxyl groups is 1. The summed E-state index contributed by atoms with van der Waals surface area (Å²) in [5.74, 6) is 0.837. The first-order valence-electron chi connectivity index (χ1n) is 10.9. The smallest absolute Gasteiger partial charge is 0.119 e. The van der Waals surface area contributed by atoms with Gasteiger partial charge in [0.15, 0.2) is 0 Å². The minimum atomic E-state index is 0.370. The number of phenols is 1. The molecule has 4 rings (SSSR count). The molecule has 3 aromatic carbocycles. The molecule has 0 saturated carbocycles. The maximum atomic E-state index is 10.2. The van der Waals surface area contributed by atoms with Crippen LogP contribution in [-0.2, 0) is 12.8 Å². The van der Waals surface area contributed by atoms with Crippen molar-refractivity contribution in [3.63, 3.8) is 0 Å². The van der Waals surface area contributed by atoms with E-state index in [-0.39, 0.29) is 0 Å². The Labute approximate surface area is 174 Å². The lowest BCUT2D eigenvalue weighted by molar-refractivity contribution is 0.174. The summed E-state index contributed by atoms with van der Waals surface area (Å²) in [5, 5.41) is 10.2. The lowest BCUT2D eigenvalue weighted by atomic mass is 9.85. The van der Waals surface area contributed by atoms with E-state index in [1.54, 1.807) is 0 Å². The second kappa shape index (κ2) is 9.28. The van der Waals surface area contributed by atoms with E-state index in [0.717, 1.165) is 44.3 Å². The number of phenolic OH excluding ortho intramolecular Hbond substituents is 1. The van der Waals surface area contributed by atoms with Gasteiger partial charge in [-0.1, -0.05) is 79.7 Å². The van der Waals surface area contributed by atoms with E-state index in [1.807, 2.05) is 12.1 Å². The van der Waals surface area contributed by atoms with E-state index < -0.39 is 0 Å². The third kappa shape index (κ3) is 4.54. The molecule has 2 heteroatoms. The normalized spacial score (nSPS) is 16.2. The number of fused-ring (bicyclic) bond motifs is 1. The number of rotatable bonds is 7. The topological polar surface area (TPSA) is 23.5 Å². The molecule has 1 N–H and O–H groups in total. The quantitative estimate of drug-likeness (QED) is 0.556. The second-order valence-electron chi connectivity index (χ2n) is 8.18. The highest BCUT2D eigenvalue weighted by molar-refractivity contribution is 5.41. The van der Waals surface area contributed by atoms with Crippen LogP contribution in [0.25, 0.3) is 0 Å². The highest BCUT2D eigenvalue weighted by Crippen LogP contribution is 2.33. The van der Waals surface area contributed by atoms with E-state index in [4.69, 9.17) is 0 Å². The first kappa shape index (κ1) is 19.7. The number of nitrogens with zero attached hydrogens (tertiary/aromatic N) is 1. The van der Waals surface area contributed by atoms with Gasteiger partial charge in [0, 0.05) is 18.5 Å². The highest BCUT2D eigenvalue weighted by Gasteiger charge is 2.28. The van der Waals surface area contributed by atoms with Gasteiger partial charge in [-0.05, 0) is 60.5 Å². The average molecular weight is 386 g/mol. The molecule has 0 aliphatic heterocycles. The van der Waals surface area contributed by atoms with Crippen LogP contribution in [-0.4, -0.2) is 29.1 Å². The van der Waals surface area contributed by atoms with E-state index in [9.17, 15) is 5.11 Å². The molecule has 29 heavy (non-hydrogen) atoms. The van der Waals surface area contributed by atoms with Crippen LogP contribution < -0.4 is 0 Å². The van der Waals surface area contributed by atoms with Gasteiger partial charge >= 0.3 is 0 Å². The van der Waals surface area contributed by atoms with Crippen molar-refractivity contribution in [3.05, 3.63) is 101 Å². The molecule has 1 aliphatic carbocycles. The van der Waals surface area contributed by atoms with Gasteiger partial charge in [-0.15, -0.1) is 0 Å². The number of benzene rings is 3. The minimum Gasteiger partial charge on any atom is -0.508 e. The zero-order chi connectivity index (χ0) is 20.1. The maximum Gasteiger partial charge on any atom is 0.119 e. The highest BCUT2D eigenvalue weighted by atomic mass is 16.3. The molecule has 0 radical (unpaired) electrons. The average Bonchev–Trinajstić information content (AvgIpc) is 2.78. The van der Waals surface area contributed by atoms with Crippen LogP contribution in [0.15, 0.2) is 78.9 Å². The fraction of sp³-hybridized carbons (Fsp3) is 0.333.